The summed E-state index contributed by atoms with van der Waals surface area (Å²) in [5.41, 5.74) is 4.77. The van der Waals surface area contributed by atoms with Gasteiger partial charge in [0.15, 0.2) is 11.6 Å². The predicted octanol–water partition coefficient (Wildman–Crippen LogP) is 6.40. The highest BCUT2D eigenvalue weighted by Crippen LogP contribution is 2.34. The lowest BCUT2D eigenvalue weighted by molar-refractivity contribution is -0.116. The molecule has 10 heteroatoms. The summed E-state index contributed by atoms with van der Waals surface area (Å²) in [6.45, 7) is 1.86. The molecular weight excluding hydrogens is 578 g/mol. The normalized spacial score (nSPS) is 13.6. The molecule has 9 nitrogen and oxygen atoms in total. The molecule has 1 amide bonds. The Balaban J connectivity index is 1.29. The van der Waals surface area contributed by atoms with E-state index in [2.05, 4.69) is 15.5 Å². The van der Waals surface area contributed by atoms with Crippen LogP contribution in [-0.2, 0) is 4.79 Å². The second kappa shape index (κ2) is 12.1. The molecule has 220 valence electrons. The molecule has 0 saturated heterocycles. The number of amides is 1. The minimum atomic E-state index is -0.642. The number of ketones is 1. The van der Waals surface area contributed by atoms with Gasteiger partial charge in [0.2, 0.25) is 5.91 Å². The first-order valence-corrected chi connectivity index (χ1v) is 14.3. The maximum Gasteiger partial charge on any atom is 0.227 e. The van der Waals surface area contributed by atoms with Crippen molar-refractivity contribution in [2.24, 2.45) is 4.99 Å². The quantitative estimate of drug-likeness (QED) is 0.205. The van der Waals surface area contributed by atoms with Crippen LogP contribution in [0.5, 0.6) is 11.5 Å². The third-order valence-electron chi connectivity index (χ3n) is 7.41. The molecule has 6 rings (SSSR count). The number of fused-ring (bicyclic) bond motifs is 3. The molecule has 2 heterocycles. The monoisotopic (exact) mass is 605 g/mol. The molecule has 4 aromatic carbocycles. The number of aliphatic imine (C=N–C) groups is 1. The Hall–Kier alpha value is -5.28. The van der Waals surface area contributed by atoms with Crippen molar-refractivity contribution < 1.29 is 19.1 Å². The van der Waals surface area contributed by atoms with E-state index in [-0.39, 0.29) is 18.1 Å². The SMILES string of the molecule is COc1ccc(C(=O)c2ccc(NC(=O)CC3N=C(c4ccc(Cl)cc4)c4cc(OC)ccc4-n4c(C)nnc43)cc2)cc1. The third kappa shape index (κ3) is 5.69. The number of methoxy groups -OCH3 is 2. The molecule has 1 N–H and O–H groups in total. The van der Waals surface area contributed by atoms with Crippen molar-refractivity contribution in [1.82, 2.24) is 14.8 Å². The van der Waals surface area contributed by atoms with Crippen LogP contribution in [0.3, 0.4) is 0 Å². The lowest BCUT2D eigenvalue weighted by atomic mass is 10.00. The highest BCUT2D eigenvalue weighted by Gasteiger charge is 2.30. The molecule has 0 radical (unpaired) electrons. The number of halogens is 1. The number of ether oxygens (including phenoxy) is 2. The Kier molecular flexibility index (Phi) is 7.95. The molecule has 0 aliphatic carbocycles. The van der Waals surface area contributed by atoms with Crippen molar-refractivity contribution in [2.45, 2.75) is 19.4 Å². The first-order chi connectivity index (χ1) is 21.3. The Morgan fingerprint density at radius 1 is 0.841 bits per heavy atom. The maximum absolute atomic E-state index is 13.4. The lowest BCUT2D eigenvalue weighted by Gasteiger charge is -2.14. The highest BCUT2D eigenvalue weighted by molar-refractivity contribution is 6.30. The van der Waals surface area contributed by atoms with Gasteiger partial charge in [-0.25, -0.2) is 0 Å². The molecule has 0 spiro atoms. The molecule has 1 atom stereocenters. The fraction of sp³-hybridized carbons (Fsp3) is 0.147. The number of aromatic nitrogens is 3. The van der Waals surface area contributed by atoms with Crippen LogP contribution >= 0.6 is 11.6 Å². The number of benzene rings is 4. The predicted molar refractivity (Wildman–Crippen MR) is 169 cm³/mol. The first-order valence-electron chi connectivity index (χ1n) is 13.9. The zero-order chi connectivity index (χ0) is 30.8. The van der Waals surface area contributed by atoms with E-state index >= 15 is 0 Å². The maximum atomic E-state index is 13.4. The molecule has 0 saturated carbocycles. The van der Waals surface area contributed by atoms with Crippen LogP contribution in [0.15, 0.2) is 96.0 Å². The summed E-state index contributed by atoms with van der Waals surface area (Å²) >= 11 is 6.19. The van der Waals surface area contributed by atoms with Crippen LogP contribution in [0.4, 0.5) is 5.69 Å². The van der Waals surface area contributed by atoms with E-state index in [1.165, 1.54) is 0 Å². The van der Waals surface area contributed by atoms with Gasteiger partial charge in [0.25, 0.3) is 0 Å². The molecule has 1 aromatic heterocycles. The fourth-order valence-electron chi connectivity index (χ4n) is 5.18. The van der Waals surface area contributed by atoms with Gasteiger partial charge in [0.05, 0.1) is 32.0 Å². The van der Waals surface area contributed by atoms with Gasteiger partial charge < -0.3 is 14.8 Å². The van der Waals surface area contributed by atoms with Crippen molar-refractivity contribution in [3.8, 4) is 17.2 Å². The molecule has 0 fully saturated rings. The van der Waals surface area contributed by atoms with Crippen molar-refractivity contribution in [3.63, 3.8) is 0 Å². The summed E-state index contributed by atoms with van der Waals surface area (Å²) in [6, 6.07) is 26.2. The number of aryl methyl sites for hydroxylation is 1. The van der Waals surface area contributed by atoms with Crippen LogP contribution in [-0.4, -0.2) is 46.4 Å². The average Bonchev–Trinajstić information content (AvgIpc) is 3.37. The number of nitrogens with one attached hydrogen (secondary N) is 1. The van der Waals surface area contributed by atoms with Crippen LogP contribution < -0.4 is 14.8 Å². The van der Waals surface area contributed by atoms with Gasteiger partial charge in [0, 0.05) is 33.0 Å². The number of carbonyl (C=O) groups excluding carboxylic acids is 2. The van der Waals surface area contributed by atoms with Crippen LogP contribution in [0, 0.1) is 6.92 Å². The molecule has 5 aromatic rings. The Morgan fingerprint density at radius 3 is 2.14 bits per heavy atom. The first kappa shape index (κ1) is 28.8. The Morgan fingerprint density at radius 2 is 1.48 bits per heavy atom. The van der Waals surface area contributed by atoms with E-state index in [9.17, 15) is 9.59 Å². The number of hydrogen-bond acceptors (Lipinski definition) is 7. The smallest absolute Gasteiger partial charge is 0.227 e. The van der Waals surface area contributed by atoms with Gasteiger partial charge >= 0.3 is 0 Å². The second-order valence-electron chi connectivity index (χ2n) is 10.2. The number of nitrogens with zero attached hydrogens (tertiary/aromatic N) is 4. The van der Waals surface area contributed by atoms with E-state index in [0.29, 0.717) is 50.7 Å². The minimum Gasteiger partial charge on any atom is -0.497 e. The molecule has 0 bridgehead atoms. The summed E-state index contributed by atoms with van der Waals surface area (Å²) in [4.78, 5) is 31.4. The fourth-order valence-corrected chi connectivity index (χ4v) is 5.30. The van der Waals surface area contributed by atoms with Crippen molar-refractivity contribution in [1.29, 1.82) is 0 Å². The van der Waals surface area contributed by atoms with E-state index in [0.717, 1.165) is 16.8 Å². The standard InChI is InChI=1S/C34H28ClN5O4/c1-20-38-39-34-29(19-31(41)36-25-12-6-22(7-13-25)33(42)23-8-14-26(43-2)15-9-23)37-32(21-4-10-24(35)11-5-21)28-18-27(44-3)16-17-30(28)40(20)34/h4-18,29H,19H2,1-3H3,(H,36,41). The molecule has 1 aliphatic heterocycles. The van der Waals surface area contributed by atoms with Gasteiger partial charge in [-0.1, -0.05) is 23.7 Å². The van der Waals surface area contributed by atoms with Gasteiger partial charge in [-0.05, 0) is 85.8 Å². The Bertz CT molecular complexity index is 1880. The lowest BCUT2D eigenvalue weighted by Crippen LogP contribution is -2.17. The number of rotatable bonds is 8. The molecule has 44 heavy (non-hydrogen) atoms. The molecule has 1 unspecified atom stereocenters. The third-order valence-corrected chi connectivity index (χ3v) is 7.66. The van der Waals surface area contributed by atoms with E-state index < -0.39 is 6.04 Å². The zero-order valence-electron chi connectivity index (χ0n) is 24.2. The number of carbonyl (C=O) groups is 2. The highest BCUT2D eigenvalue weighted by atomic mass is 35.5. The summed E-state index contributed by atoms with van der Waals surface area (Å²) in [5.74, 6) is 2.17. The van der Waals surface area contributed by atoms with E-state index in [1.807, 2.05) is 41.8 Å². The van der Waals surface area contributed by atoms with Gasteiger partial charge in [-0.2, -0.15) is 0 Å². The van der Waals surface area contributed by atoms with E-state index in [1.54, 1.807) is 74.9 Å². The summed E-state index contributed by atoms with van der Waals surface area (Å²) < 4.78 is 12.6. The summed E-state index contributed by atoms with van der Waals surface area (Å²) in [5, 5.41) is 12.3. The molecular formula is C34H28ClN5O4. The van der Waals surface area contributed by atoms with Crippen LogP contribution in [0.25, 0.3) is 5.69 Å². The van der Waals surface area contributed by atoms with Crippen molar-refractivity contribution in [2.75, 3.05) is 19.5 Å². The van der Waals surface area contributed by atoms with Crippen LogP contribution in [0.1, 0.15) is 51.2 Å². The zero-order valence-corrected chi connectivity index (χ0v) is 25.0. The van der Waals surface area contributed by atoms with Gasteiger partial charge in [-0.15, -0.1) is 10.2 Å². The Labute approximate surface area is 259 Å². The van der Waals surface area contributed by atoms with Crippen LogP contribution in [0.2, 0.25) is 5.02 Å². The summed E-state index contributed by atoms with van der Waals surface area (Å²) in [7, 11) is 3.19. The topological polar surface area (TPSA) is 108 Å². The minimum absolute atomic E-state index is 0.00682. The van der Waals surface area contributed by atoms with E-state index in [4.69, 9.17) is 26.1 Å². The van der Waals surface area contributed by atoms with Gasteiger partial charge in [0.1, 0.15) is 23.4 Å². The molecule has 1 aliphatic rings. The average molecular weight is 606 g/mol. The van der Waals surface area contributed by atoms with Gasteiger partial charge in [-0.3, -0.25) is 19.1 Å². The number of anilines is 1. The number of hydrogen-bond donors (Lipinski definition) is 1. The van der Waals surface area contributed by atoms with Crippen molar-refractivity contribution >= 4 is 34.7 Å². The second-order valence-corrected chi connectivity index (χ2v) is 10.6. The summed E-state index contributed by atoms with van der Waals surface area (Å²) in [6.07, 6.45) is 0.00682. The largest absolute Gasteiger partial charge is 0.497 e. The van der Waals surface area contributed by atoms with Crippen molar-refractivity contribution in [3.05, 3.63) is 130 Å².